The number of rotatable bonds is 2. The van der Waals surface area contributed by atoms with Crippen LogP contribution in [0.5, 0.6) is 5.75 Å². The Morgan fingerprint density at radius 3 is 2.64 bits per heavy atom. The van der Waals surface area contributed by atoms with Crippen LogP contribution in [0.25, 0.3) is 0 Å². The van der Waals surface area contributed by atoms with E-state index in [0.29, 0.717) is 0 Å². The van der Waals surface area contributed by atoms with Crippen molar-refractivity contribution in [1.82, 2.24) is 4.98 Å². The van der Waals surface area contributed by atoms with E-state index >= 15 is 0 Å². The minimum Gasteiger partial charge on any atom is -0.403 e. The van der Waals surface area contributed by atoms with Crippen molar-refractivity contribution in [2.24, 2.45) is 5.73 Å². The lowest BCUT2D eigenvalue weighted by atomic mass is 10.2. The molecule has 0 unspecified atom stereocenters. The SMILES string of the molecule is NCc1ccnc(I)c1OC(F)(F)F. The number of nitrogens with two attached hydrogens (primary N) is 1. The van der Waals surface area contributed by atoms with E-state index in [4.69, 9.17) is 5.73 Å². The van der Waals surface area contributed by atoms with E-state index in [0.717, 1.165) is 0 Å². The molecule has 0 aliphatic rings. The van der Waals surface area contributed by atoms with Crippen LogP contribution in [0.2, 0.25) is 0 Å². The molecule has 0 saturated carbocycles. The van der Waals surface area contributed by atoms with E-state index in [9.17, 15) is 13.2 Å². The highest BCUT2D eigenvalue weighted by Crippen LogP contribution is 2.29. The number of halogens is 4. The van der Waals surface area contributed by atoms with Gasteiger partial charge in [0, 0.05) is 18.3 Å². The van der Waals surface area contributed by atoms with Crippen LogP contribution in [-0.4, -0.2) is 11.3 Å². The van der Waals surface area contributed by atoms with Gasteiger partial charge in [0.05, 0.1) is 0 Å². The highest BCUT2D eigenvalue weighted by Gasteiger charge is 2.33. The molecule has 1 aromatic rings. The van der Waals surface area contributed by atoms with Crippen molar-refractivity contribution in [1.29, 1.82) is 0 Å². The maximum atomic E-state index is 11.9. The largest absolute Gasteiger partial charge is 0.573 e. The average Bonchev–Trinajstić information content (AvgIpc) is 2.06. The van der Waals surface area contributed by atoms with Crippen LogP contribution in [0.3, 0.4) is 0 Å². The zero-order valence-electron chi connectivity index (χ0n) is 6.81. The maximum absolute atomic E-state index is 11.9. The second-order valence-corrected chi connectivity index (χ2v) is 3.36. The van der Waals surface area contributed by atoms with Crippen LogP contribution in [0.1, 0.15) is 5.56 Å². The minimum atomic E-state index is -4.72. The van der Waals surface area contributed by atoms with Crippen molar-refractivity contribution in [2.45, 2.75) is 12.9 Å². The molecule has 1 heterocycles. The lowest BCUT2D eigenvalue weighted by Crippen LogP contribution is -2.19. The van der Waals surface area contributed by atoms with Crippen LogP contribution < -0.4 is 10.5 Å². The second kappa shape index (κ2) is 4.30. The van der Waals surface area contributed by atoms with Gasteiger partial charge in [-0.1, -0.05) is 0 Å². The summed E-state index contributed by atoms with van der Waals surface area (Å²) < 4.78 is 39.8. The number of alkyl halides is 3. The molecule has 0 bridgehead atoms. The summed E-state index contributed by atoms with van der Waals surface area (Å²) in [6, 6.07) is 1.39. The molecule has 1 aromatic heterocycles. The third-order valence-corrected chi connectivity index (χ3v) is 2.15. The van der Waals surface area contributed by atoms with Gasteiger partial charge in [-0.25, -0.2) is 4.98 Å². The van der Waals surface area contributed by atoms with Crippen LogP contribution in [-0.2, 0) is 6.54 Å². The molecule has 78 valence electrons. The molecule has 0 aliphatic heterocycles. The first-order chi connectivity index (χ1) is 6.44. The van der Waals surface area contributed by atoms with E-state index in [1.807, 2.05) is 0 Å². The van der Waals surface area contributed by atoms with Gasteiger partial charge in [0.2, 0.25) is 0 Å². The molecule has 2 N–H and O–H groups in total. The smallest absolute Gasteiger partial charge is 0.403 e. The van der Waals surface area contributed by atoms with Gasteiger partial charge >= 0.3 is 6.36 Å². The number of ether oxygens (including phenoxy) is 1. The molecule has 0 aromatic carbocycles. The molecule has 3 nitrogen and oxygen atoms in total. The zero-order chi connectivity index (χ0) is 10.8. The van der Waals surface area contributed by atoms with Crippen molar-refractivity contribution < 1.29 is 17.9 Å². The lowest BCUT2D eigenvalue weighted by molar-refractivity contribution is -0.275. The van der Waals surface area contributed by atoms with Gasteiger partial charge in [-0.2, -0.15) is 0 Å². The number of nitrogens with zero attached hydrogens (tertiary/aromatic N) is 1. The second-order valence-electron chi connectivity index (χ2n) is 2.34. The molecule has 14 heavy (non-hydrogen) atoms. The number of hydrogen-bond acceptors (Lipinski definition) is 3. The first-order valence-corrected chi connectivity index (χ1v) is 4.61. The van der Waals surface area contributed by atoms with Crippen molar-refractivity contribution in [3.8, 4) is 5.75 Å². The molecule has 7 heteroatoms. The fourth-order valence-electron chi connectivity index (χ4n) is 0.844. The molecule has 0 saturated heterocycles. The topological polar surface area (TPSA) is 48.1 Å². The molecule has 0 radical (unpaired) electrons. The number of hydrogen-bond donors (Lipinski definition) is 1. The highest BCUT2D eigenvalue weighted by molar-refractivity contribution is 14.1. The van der Waals surface area contributed by atoms with Gasteiger partial charge in [-0.15, -0.1) is 13.2 Å². The fourth-order valence-corrected chi connectivity index (χ4v) is 1.46. The number of aromatic nitrogens is 1. The first kappa shape index (κ1) is 11.5. The standard InChI is InChI=1S/C7H6F3IN2O/c8-7(9,10)14-5-4(3-12)1-2-13-6(5)11/h1-2H,3,12H2. The number of pyridine rings is 1. The van der Waals surface area contributed by atoms with E-state index in [1.54, 1.807) is 22.6 Å². The van der Waals surface area contributed by atoms with Crippen LogP contribution in [0.15, 0.2) is 12.3 Å². The third kappa shape index (κ3) is 2.98. The summed E-state index contributed by atoms with van der Waals surface area (Å²) in [5.41, 5.74) is 5.54. The summed E-state index contributed by atoms with van der Waals surface area (Å²) in [4.78, 5) is 3.68. The average molecular weight is 318 g/mol. The molecule has 0 fully saturated rings. The summed E-state index contributed by atoms with van der Waals surface area (Å²) in [7, 11) is 0. The first-order valence-electron chi connectivity index (χ1n) is 3.53. The zero-order valence-corrected chi connectivity index (χ0v) is 8.96. The van der Waals surface area contributed by atoms with Gasteiger partial charge < -0.3 is 10.5 Å². The minimum absolute atomic E-state index is 0.0239. The van der Waals surface area contributed by atoms with E-state index < -0.39 is 6.36 Å². The monoisotopic (exact) mass is 318 g/mol. The molecule has 0 atom stereocenters. The Morgan fingerprint density at radius 2 is 2.14 bits per heavy atom. The normalized spacial score (nSPS) is 11.5. The summed E-state index contributed by atoms with van der Waals surface area (Å²) in [5, 5.41) is 0. The van der Waals surface area contributed by atoms with Gasteiger partial charge in [-0.05, 0) is 28.7 Å². The molecular weight excluding hydrogens is 312 g/mol. The van der Waals surface area contributed by atoms with Crippen LogP contribution >= 0.6 is 22.6 Å². The fraction of sp³-hybridized carbons (Fsp3) is 0.286. The van der Waals surface area contributed by atoms with Crippen molar-refractivity contribution in [3.05, 3.63) is 21.5 Å². The quantitative estimate of drug-likeness (QED) is 0.671. The van der Waals surface area contributed by atoms with Gasteiger partial charge in [0.15, 0.2) is 5.75 Å². The summed E-state index contributed by atoms with van der Waals surface area (Å²) in [5.74, 6) is -0.317. The van der Waals surface area contributed by atoms with E-state index in [2.05, 4.69) is 9.72 Å². The predicted octanol–water partition coefficient (Wildman–Crippen LogP) is 2.04. The van der Waals surface area contributed by atoms with Gasteiger partial charge in [0.25, 0.3) is 0 Å². The van der Waals surface area contributed by atoms with Crippen molar-refractivity contribution >= 4 is 22.6 Å². The third-order valence-electron chi connectivity index (χ3n) is 1.38. The van der Waals surface area contributed by atoms with Crippen LogP contribution in [0, 0.1) is 3.70 Å². The molecule has 0 spiro atoms. The van der Waals surface area contributed by atoms with Crippen molar-refractivity contribution in [3.63, 3.8) is 0 Å². The highest BCUT2D eigenvalue weighted by atomic mass is 127. The Bertz CT molecular complexity index is 329. The maximum Gasteiger partial charge on any atom is 0.573 e. The molecular formula is C7H6F3IN2O. The Labute approximate surface area is 91.6 Å². The van der Waals surface area contributed by atoms with E-state index in [1.165, 1.54) is 12.3 Å². The van der Waals surface area contributed by atoms with Gasteiger partial charge in [-0.3, -0.25) is 0 Å². The van der Waals surface area contributed by atoms with Crippen molar-refractivity contribution in [2.75, 3.05) is 0 Å². The Balaban J connectivity index is 3.05. The summed E-state index contributed by atoms with van der Waals surface area (Å²) >= 11 is 1.66. The predicted molar refractivity (Wildman–Crippen MR) is 51.5 cm³/mol. The molecule has 0 amide bonds. The Morgan fingerprint density at radius 1 is 1.50 bits per heavy atom. The van der Waals surface area contributed by atoms with E-state index in [-0.39, 0.29) is 21.6 Å². The summed E-state index contributed by atoms with van der Waals surface area (Å²) in [6.45, 7) is -0.0239. The van der Waals surface area contributed by atoms with Gasteiger partial charge in [0.1, 0.15) is 3.70 Å². The molecule has 1 rings (SSSR count). The molecule has 0 aliphatic carbocycles. The summed E-state index contributed by atoms with van der Waals surface area (Å²) in [6.07, 6.45) is -3.33. The Kier molecular flexibility index (Phi) is 3.53. The van der Waals surface area contributed by atoms with Crippen LogP contribution in [0.4, 0.5) is 13.2 Å². The Hall–Kier alpha value is -0.570. The lowest BCUT2D eigenvalue weighted by Gasteiger charge is -2.12.